The van der Waals surface area contributed by atoms with Crippen molar-refractivity contribution >= 4 is 16.9 Å². The van der Waals surface area contributed by atoms with Crippen LogP contribution in [0.3, 0.4) is 0 Å². The van der Waals surface area contributed by atoms with E-state index in [1.54, 1.807) is 18.2 Å². The van der Waals surface area contributed by atoms with Gasteiger partial charge in [-0.25, -0.2) is 4.39 Å². The molecule has 1 heterocycles. The van der Waals surface area contributed by atoms with E-state index in [9.17, 15) is 14.3 Å². The van der Waals surface area contributed by atoms with Crippen molar-refractivity contribution in [3.05, 3.63) is 35.8 Å². The highest BCUT2D eigenvalue weighted by Crippen LogP contribution is 2.40. The van der Waals surface area contributed by atoms with Crippen LogP contribution in [0.2, 0.25) is 0 Å². The van der Waals surface area contributed by atoms with Crippen LogP contribution in [-0.4, -0.2) is 11.1 Å². The van der Waals surface area contributed by atoms with E-state index < -0.39 is 17.7 Å². The second-order valence-electron chi connectivity index (χ2n) is 5.14. The molecule has 4 heteroatoms. The molecule has 100 valence electrons. The first-order valence-electron chi connectivity index (χ1n) is 6.57. The summed E-state index contributed by atoms with van der Waals surface area (Å²) in [7, 11) is 0. The molecular formula is C15H15FO3. The minimum absolute atomic E-state index is 0.141. The van der Waals surface area contributed by atoms with Gasteiger partial charge in [0.1, 0.15) is 5.76 Å². The van der Waals surface area contributed by atoms with E-state index in [1.807, 2.05) is 0 Å². The summed E-state index contributed by atoms with van der Waals surface area (Å²) in [5, 5.41) is 9.98. The second-order valence-corrected chi connectivity index (χ2v) is 5.14. The first-order chi connectivity index (χ1) is 9.16. The summed E-state index contributed by atoms with van der Waals surface area (Å²) in [5.74, 6) is -1.14. The number of hydrogen-bond acceptors (Lipinski definition) is 2. The van der Waals surface area contributed by atoms with Crippen molar-refractivity contribution in [2.75, 3.05) is 0 Å². The Kier molecular flexibility index (Phi) is 3.01. The number of hydrogen-bond donors (Lipinski definition) is 1. The van der Waals surface area contributed by atoms with Gasteiger partial charge in [-0.1, -0.05) is 25.0 Å². The van der Waals surface area contributed by atoms with Crippen molar-refractivity contribution in [1.82, 2.24) is 0 Å². The Morgan fingerprint density at radius 2 is 2.11 bits per heavy atom. The molecule has 2 atom stereocenters. The van der Waals surface area contributed by atoms with Gasteiger partial charge in [0.05, 0.1) is 5.92 Å². The lowest BCUT2D eigenvalue weighted by Gasteiger charge is -2.26. The molecule has 2 aromatic rings. The normalized spacial score (nSPS) is 23.6. The SMILES string of the molecule is O=C(O)C1CCCCC1c1cc2cccc(F)c2o1. The first-order valence-corrected chi connectivity index (χ1v) is 6.57. The zero-order chi connectivity index (χ0) is 13.4. The molecule has 3 nitrogen and oxygen atoms in total. The Labute approximate surface area is 110 Å². The van der Waals surface area contributed by atoms with Crippen molar-refractivity contribution in [1.29, 1.82) is 0 Å². The first kappa shape index (κ1) is 12.2. The van der Waals surface area contributed by atoms with Gasteiger partial charge in [0.25, 0.3) is 0 Å². The maximum atomic E-state index is 13.6. The Balaban J connectivity index is 2.02. The van der Waals surface area contributed by atoms with E-state index in [0.717, 1.165) is 19.3 Å². The van der Waals surface area contributed by atoms with E-state index in [2.05, 4.69) is 0 Å². The van der Waals surface area contributed by atoms with Crippen molar-refractivity contribution < 1.29 is 18.7 Å². The molecule has 2 unspecified atom stereocenters. The number of carboxylic acid groups (broad SMARTS) is 1. The number of furan rings is 1. The van der Waals surface area contributed by atoms with Gasteiger partial charge >= 0.3 is 5.97 Å². The third-order valence-corrected chi connectivity index (χ3v) is 3.96. The van der Waals surface area contributed by atoms with Gasteiger partial charge in [-0.05, 0) is 25.0 Å². The minimum atomic E-state index is -0.786. The number of benzene rings is 1. The average molecular weight is 262 g/mol. The van der Waals surface area contributed by atoms with Gasteiger partial charge in [0.2, 0.25) is 0 Å². The Hall–Kier alpha value is -1.84. The zero-order valence-electron chi connectivity index (χ0n) is 10.4. The number of para-hydroxylation sites is 1. The number of carbonyl (C=O) groups is 1. The third kappa shape index (κ3) is 2.11. The van der Waals surface area contributed by atoms with Crippen LogP contribution < -0.4 is 0 Å². The maximum absolute atomic E-state index is 13.6. The largest absolute Gasteiger partial charge is 0.481 e. The minimum Gasteiger partial charge on any atom is -0.481 e. The topological polar surface area (TPSA) is 50.4 Å². The van der Waals surface area contributed by atoms with E-state index in [-0.39, 0.29) is 11.5 Å². The predicted octanol–water partition coefficient (Wildman–Crippen LogP) is 3.93. The van der Waals surface area contributed by atoms with E-state index >= 15 is 0 Å². The molecule has 3 rings (SSSR count). The summed E-state index contributed by atoms with van der Waals surface area (Å²) in [6, 6.07) is 6.55. The number of aliphatic carboxylic acids is 1. The van der Waals surface area contributed by atoms with Crippen LogP contribution in [0.1, 0.15) is 37.4 Å². The van der Waals surface area contributed by atoms with Crippen molar-refractivity contribution in [3.63, 3.8) is 0 Å². The number of fused-ring (bicyclic) bond motifs is 1. The molecule has 1 fully saturated rings. The smallest absolute Gasteiger partial charge is 0.307 e. The van der Waals surface area contributed by atoms with Crippen molar-refractivity contribution in [2.45, 2.75) is 31.6 Å². The predicted molar refractivity (Wildman–Crippen MR) is 68.5 cm³/mol. The number of carboxylic acids is 1. The Morgan fingerprint density at radius 3 is 2.84 bits per heavy atom. The summed E-state index contributed by atoms with van der Waals surface area (Å²) in [5.41, 5.74) is 0.229. The molecule has 0 spiro atoms. The van der Waals surface area contributed by atoms with Crippen LogP contribution in [0.15, 0.2) is 28.7 Å². The van der Waals surface area contributed by atoms with Crippen LogP contribution >= 0.6 is 0 Å². The molecule has 19 heavy (non-hydrogen) atoms. The van der Waals surface area contributed by atoms with Crippen LogP contribution in [-0.2, 0) is 4.79 Å². The zero-order valence-corrected chi connectivity index (χ0v) is 10.4. The van der Waals surface area contributed by atoms with Gasteiger partial charge in [-0.15, -0.1) is 0 Å². The second kappa shape index (κ2) is 4.68. The molecule has 0 amide bonds. The van der Waals surface area contributed by atoms with Gasteiger partial charge in [-0.3, -0.25) is 4.79 Å². The van der Waals surface area contributed by atoms with E-state index in [1.165, 1.54) is 6.07 Å². The quantitative estimate of drug-likeness (QED) is 0.892. The monoisotopic (exact) mass is 262 g/mol. The molecule has 1 aromatic heterocycles. The highest BCUT2D eigenvalue weighted by molar-refractivity contribution is 5.79. The summed E-state index contributed by atoms with van der Waals surface area (Å²) >= 11 is 0. The maximum Gasteiger partial charge on any atom is 0.307 e. The fourth-order valence-electron chi connectivity index (χ4n) is 3.00. The fourth-order valence-corrected chi connectivity index (χ4v) is 3.00. The molecule has 1 aliphatic carbocycles. The van der Waals surface area contributed by atoms with Crippen LogP contribution in [0.5, 0.6) is 0 Å². The summed E-state index contributed by atoms with van der Waals surface area (Å²) in [6.07, 6.45) is 3.38. The number of rotatable bonds is 2. The highest BCUT2D eigenvalue weighted by Gasteiger charge is 2.34. The molecule has 0 bridgehead atoms. The molecule has 1 saturated carbocycles. The van der Waals surface area contributed by atoms with Crippen molar-refractivity contribution in [2.24, 2.45) is 5.92 Å². The molecule has 0 aliphatic heterocycles. The number of halogens is 1. The molecule has 1 N–H and O–H groups in total. The third-order valence-electron chi connectivity index (χ3n) is 3.96. The lowest BCUT2D eigenvalue weighted by molar-refractivity contribution is -0.143. The van der Waals surface area contributed by atoms with Crippen LogP contribution in [0.25, 0.3) is 11.0 Å². The molecule has 0 saturated heterocycles. The van der Waals surface area contributed by atoms with E-state index in [0.29, 0.717) is 17.6 Å². The average Bonchev–Trinajstić information content (AvgIpc) is 2.84. The molecular weight excluding hydrogens is 247 g/mol. The standard InChI is InChI=1S/C15H15FO3/c16-12-7-3-4-9-8-13(19-14(9)12)10-5-1-2-6-11(10)15(17)18/h3-4,7-8,10-11H,1-2,5-6H2,(H,17,18). The Morgan fingerprint density at radius 1 is 1.32 bits per heavy atom. The summed E-state index contributed by atoms with van der Waals surface area (Å²) in [4.78, 5) is 11.3. The fraction of sp³-hybridized carbons (Fsp3) is 0.400. The van der Waals surface area contributed by atoms with Gasteiger partial charge in [0.15, 0.2) is 11.4 Å². The van der Waals surface area contributed by atoms with Crippen molar-refractivity contribution in [3.8, 4) is 0 Å². The van der Waals surface area contributed by atoms with Gasteiger partial charge in [0, 0.05) is 11.3 Å². The summed E-state index contributed by atoms with van der Waals surface area (Å²) in [6.45, 7) is 0. The lowest BCUT2D eigenvalue weighted by atomic mass is 9.78. The highest BCUT2D eigenvalue weighted by atomic mass is 19.1. The van der Waals surface area contributed by atoms with Gasteiger partial charge in [-0.2, -0.15) is 0 Å². The van der Waals surface area contributed by atoms with Gasteiger partial charge < -0.3 is 9.52 Å². The van der Waals surface area contributed by atoms with E-state index in [4.69, 9.17) is 4.42 Å². The summed E-state index contributed by atoms with van der Waals surface area (Å²) < 4.78 is 19.2. The lowest BCUT2D eigenvalue weighted by Crippen LogP contribution is -2.25. The Bertz CT molecular complexity index is 617. The van der Waals surface area contributed by atoms with Crippen LogP contribution in [0, 0.1) is 11.7 Å². The molecule has 1 aromatic carbocycles. The molecule has 0 radical (unpaired) electrons. The van der Waals surface area contributed by atoms with Crippen LogP contribution in [0.4, 0.5) is 4.39 Å². The molecule has 1 aliphatic rings.